The highest BCUT2D eigenvalue weighted by Crippen LogP contribution is 2.23. The predicted octanol–water partition coefficient (Wildman–Crippen LogP) is 3.85. The molecular weight excluding hydrogens is 279 g/mol. The molecule has 5 heteroatoms. The van der Waals surface area contributed by atoms with Crippen molar-refractivity contribution < 1.29 is 4.39 Å². The monoisotopic (exact) mass is 290 g/mol. The maximum atomic E-state index is 13.2. The second-order valence-electron chi connectivity index (χ2n) is 3.94. The third-order valence-corrected chi connectivity index (χ3v) is 2.54. The SMILES string of the molecule is CC(C)(C)SN=Cc1nc(Br)ccc1F. The molecule has 0 bridgehead atoms. The number of nitrogens with zero attached hydrogens (tertiary/aromatic N) is 2. The molecule has 0 saturated heterocycles. The van der Waals surface area contributed by atoms with E-state index in [2.05, 4.69) is 25.3 Å². The molecule has 0 aliphatic rings. The van der Waals surface area contributed by atoms with Gasteiger partial charge in [-0.2, -0.15) is 0 Å². The molecule has 0 N–H and O–H groups in total. The normalized spacial score (nSPS) is 12.3. The topological polar surface area (TPSA) is 25.2 Å². The zero-order valence-electron chi connectivity index (χ0n) is 8.79. The molecule has 0 atom stereocenters. The third kappa shape index (κ3) is 4.75. The van der Waals surface area contributed by atoms with Gasteiger partial charge in [-0.15, -0.1) is 0 Å². The zero-order valence-corrected chi connectivity index (χ0v) is 11.2. The number of pyridine rings is 1. The minimum absolute atomic E-state index is 0.0268. The molecule has 0 amide bonds. The molecule has 1 rings (SSSR count). The average Bonchev–Trinajstić information content (AvgIpc) is 2.09. The van der Waals surface area contributed by atoms with E-state index in [4.69, 9.17) is 0 Å². The number of rotatable bonds is 2. The third-order valence-electron chi connectivity index (χ3n) is 1.34. The Hall–Kier alpha value is -0.420. The molecular formula is C10H12BrFN2S. The Kier molecular flexibility index (Phi) is 4.28. The minimum atomic E-state index is -0.364. The lowest BCUT2D eigenvalue weighted by atomic mass is 10.3. The van der Waals surface area contributed by atoms with Gasteiger partial charge in [0.25, 0.3) is 0 Å². The Morgan fingerprint density at radius 1 is 1.47 bits per heavy atom. The molecule has 0 unspecified atom stereocenters. The first-order chi connectivity index (χ1) is 6.88. The summed E-state index contributed by atoms with van der Waals surface area (Å²) >= 11 is 4.57. The Morgan fingerprint density at radius 3 is 2.73 bits per heavy atom. The van der Waals surface area contributed by atoms with E-state index in [9.17, 15) is 4.39 Å². The van der Waals surface area contributed by atoms with Crippen molar-refractivity contribution in [1.29, 1.82) is 0 Å². The molecule has 0 saturated carbocycles. The van der Waals surface area contributed by atoms with Gasteiger partial charge in [0.05, 0.1) is 6.21 Å². The van der Waals surface area contributed by atoms with Crippen LogP contribution < -0.4 is 0 Å². The second-order valence-corrected chi connectivity index (χ2v) is 6.37. The van der Waals surface area contributed by atoms with E-state index in [0.717, 1.165) is 0 Å². The highest BCUT2D eigenvalue weighted by Gasteiger charge is 2.09. The predicted molar refractivity (Wildman–Crippen MR) is 66.8 cm³/mol. The Balaban J connectivity index is 2.76. The molecule has 0 aliphatic heterocycles. The van der Waals surface area contributed by atoms with Gasteiger partial charge < -0.3 is 0 Å². The van der Waals surface area contributed by atoms with Crippen LogP contribution in [0.4, 0.5) is 4.39 Å². The standard InChI is InChI=1S/C10H12BrFN2S/c1-10(2,3)15-13-6-8-7(12)4-5-9(11)14-8/h4-6H,1-3H3. The van der Waals surface area contributed by atoms with E-state index < -0.39 is 0 Å². The molecule has 1 aromatic rings. The summed E-state index contributed by atoms with van der Waals surface area (Å²) in [5, 5.41) is 0. The van der Waals surface area contributed by atoms with Crippen LogP contribution in [0.3, 0.4) is 0 Å². The van der Waals surface area contributed by atoms with Crippen LogP contribution in [0.25, 0.3) is 0 Å². The van der Waals surface area contributed by atoms with Gasteiger partial charge in [-0.25, -0.2) is 13.8 Å². The van der Waals surface area contributed by atoms with Crippen LogP contribution >= 0.6 is 27.9 Å². The summed E-state index contributed by atoms with van der Waals surface area (Å²) in [4.78, 5) is 3.97. The molecule has 0 spiro atoms. The van der Waals surface area contributed by atoms with E-state index in [1.807, 2.05) is 20.8 Å². The summed E-state index contributed by atoms with van der Waals surface area (Å²) in [6.07, 6.45) is 1.44. The van der Waals surface area contributed by atoms with E-state index in [0.29, 0.717) is 4.60 Å². The van der Waals surface area contributed by atoms with Gasteiger partial charge >= 0.3 is 0 Å². The molecule has 0 fully saturated rings. The molecule has 82 valence electrons. The van der Waals surface area contributed by atoms with Crippen LogP contribution in [0.15, 0.2) is 21.1 Å². The van der Waals surface area contributed by atoms with Gasteiger partial charge in [0, 0.05) is 4.75 Å². The molecule has 0 radical (unpaired) electrons. The highest BCUT2D eigenvalue weighted by atomic mass is 79.9. The molecule has 0 aliphatic carbocycles. The summed E-state index contributed by atoms with van der Waals surface area (Å²) in [5.74, 6) is -0.364. The summed E-state index contributed by atoms with van der Waals surface area (Å²) in [6, 6.07) is 2.92. The van der Waals surface area contributed by atoms with Crippen molar-refractivity contribution >= 4 is 34.1 Å². The number of hydrogen-bond donors (Lipinski definition) is 0. The fraction of sp³-hybridized carbons (Fsp3) is 0.400. The van der Waals surface area contributed by atoms with Gasteiger partial charge in [0.15, 0.2) is 5.82 Å². The average molecular weight is 291 g/mol. The smallest absolute Gasteiger partial charge is 0.150 e. The number of aromatic nitrogens is 1. The maximum Gasteiger partial charge on any atom is 0.150 e. The van der Waals surface area contributed by atoms with Crippen molar-refractivity contribution in [3.63, 3.8) is 0 Å². The molecule has 0 aromatic carbocycles. The maximum absolute atomic E-state index is 13.2. The van der Waals surface area contributed by atoms with Crippen molar-refractivity contribution in [1.82, 2.24) is 4.98 Å². The van der Waals surface area contributed by atoms with Crippen molar-refractivity contribution in [2.75, 3.05) is 0 Å². The summed E-state index contributed by atoms with van der Waals surface area (Å²) in [7, 11) is 0. The first-order valence-corrected chi connectivity index (χ1v) is 5.99. The quantitative estimate of drug-likeness (QED) is 0.470. The molecule has 1 aromatic heterocycles. The van der Waals surface area contributed by atoms with Gasteiger partial charge in [0.1, 0.15) is 10.3 Å². The first-order valence-electron chi connectivity index (χ1n) is 4.42. The van der Waals surface area contributed by atoms with Crippen LogP contribution in [0, 0.1) is 5.82 Å². The largest absolute Gasteiger partial charge is 0.237 e. The van der Waals surface area contributed by atoms with E-state index in [1.165, 1.54) is 24.2 Å². The minimum Gasteiger partial charge on any atom is -0.237 e. The highest BCUT2D eigenvalue weighted by molar-refractivity contribution is 9.10. The van der Waals surface area contributed by atoms with Crippen molar-refractivity contribution in [2.24, 2.45) is 4.40 Å². The Morgan fingerprint density at radius 2 is 2.13 bits per heavy atom. The van der Waals surface area contributed by atoms with Crippen molar-refractivity contribution in [3.05, 3.63) is 28.2 Å². The Bertz CT molecular complexity index is 374. The summed E-state index contributed by atoms with van der Waals surface area (Å²) in [6.45, 7) is 6.12. The van der Waals surface area contributed by atoms with Crippen molar-refractivity contribution in [2.45, 2.75) is 25.5 Å². The lowest BCUT2D eigenvalue weighted by Crippen LogP contribution is -2.05. The van der Waals surface area contributed by atoms with Crippen LogP contribution in [-0.2, 0) is 0 Å². The molecule has 2 nitrogen and oxygen atoms in total. The van der Waals surface area contributed by atoms with Gasteiger partial charge in [-0.05, 0) is 60.8 Å². The second kappa shape index (κ2) is 5.07. The number of halogens is 2. The van der Waals surface area contributed by atoms with Crippen molar-refractivity contribution in [3.8, 4) is 0 Å². The van der Waals surface area contributed by atoms with Crippen LogP contribution in [-0.4, -0.2) is 15.9 Å². The van der Waals surface area contributed by atoms with E-state index in [1.54, 1.807) is 6.07 Å². The van der Waals surface area contributed by atoms with Gasteiger partial charge in [-0.3, -0.25) is 0 Å². The van der Waals surface area contributed by atoms with Crippen LogP contribution in [0.1, 0.15) is 26.5 Å². The molecule has 15 heavy (non-hydrogen) atoms. The lowest BCUT2D eigenvalue weighted by Gasteiger charge is -2.12. The Labute approximate surface area is 102 Å². The summed E-state index contributed by atoms with van der Waals surface area (Å²) < 4.78 is 17.9. The van der Waals surface area contributed by atoms with Crippen LogP contribution in [0.5, 0.6) is 0 Å². The number of hydrogen-bond acceptors (Lipinski definition) is 3. The van der Waals surface area contributed by atoms with Gasteiger partial charge in [0.2, 0.25) is 0 Å². The fourth-order valence-corrected chi connectivity index (χ4v) is 1.55. The van der Waals surface area contributed by atoms with E-state index >= 15 is 0 Å². The fourth-order valence-electron chi connectivity index (χ4n) is 0.758. The zero-order chi connectivity index (χ0) is 11.5. The molecule has 1 heterocycles. The lowest BCUT2D eigenvalue weighted by molar-refractivity contribution is 0.618. The first kappa shape index (κ1) is 12.6. The van der Waals surface area contributed by atoms with Crippen LogP contribution in [0.2, 0.25) is 0 Å². The van der Waals surface area contributed by atoms with E-state index in [-0.39, 0.29) is 16.3 Å². The van der Waals surface area contributed by atoms with Gasteiger partial charge in [-0.1, -0.05) is 0 Å². The summed E-state index contributed by atoms with van der Waals surface area (Å²) in [5.41, 5.74) is 0.251.